The van der Waals surface area contributed by atoms with Crippen LogP contribution in [0.1, 0.15) is 12.0 Å². The van der Waals surface area contributed by atoms with Crippen molar-refractivity contribution in [1.29, 1.82) is 0 Å². The van der Waals surface area contributed by atoms with Crippen LogP contribution >= 0.6 is 0 Å². The van der Waals surface area contributed by atoms with Crippen molar-refractivity contribution in [2.24, 2.45) is 5.92 Å². The Hall–Kier alpha value is -2.48. The number of carbonyl (C=O) groups is 1. The van der Waals surface area contributed by atoms with Gasteiger partial charge in [0, 0.05) is 25.1 Å². The highest BCUT2D eigenvalue weighted by Gasteiger charge is 2.35. The van der Waals surface area contributed by atoms with Gasteiger partial charge in [-0.2, -0.15) is 8.42 Å². The molecule has 3 rings (SSSR count). The molecule has 2 aromatic rings. The van der Waals surface area contributed by atoms with Crippen LogP contribution in [0.15, 0.2) is 48.7 Å². The molecule has 8 heteroatoms. The number of carbonyl (C=O) groups excluding carboxylic acids is 1. The van der Waals surface area contributed by atoms with E-state index in [9.17, 15) is 17.1 Å². The number of hydrogen-bond acceptors (Lipinski definition) is 5. The van der Waals surface area contributed by atoms with Gasteiger partial charge in [0.05, 0.1) is 5.75 Å². The molecule has 0 bridgehead atoms. The smallest absolute Gasteiger partial charge is 0.302 e. The molecule has 1 atom stereocenters. The third-order valence-electron chi connectivity index (χ3n) is 3.88. The highest BCUT2D eigenvalue weighted by atomic mass is 32.3. The molecule has 0 radical (unpaired) electrons. The van der Waals surface area contributed by atoms with Crippen LogP contribution < -0.4 is 9.64 Å². The fourth-order valence-corrected chi connectivity index (χ4v) is 3.60. The maximum absolute atomic E-state index is 12.9. The van der Waals surface area contributed by atoms with Gasteiger partial charge in [-0.25, -0.2) is 4.98 Å². The van der Waals surface area contributed by atoms with Gasteiger partial charge in [0.15, 0.2) is 11.6 Å². The molecule has 1 saturated heterocycles. The Morgan fingerprint density at radius 1 is 1.20 bits per heavy atom. The van der Waals surface area contributed by atoms with Crippen molar-refractivity contribution < 1.29 is 21.8 Å². The Morgan fingerprint density at radius 2 is 1.96 bits per heavy atom. The molecular formula is C17H17FN2O4S. The summed E-state index contributed by atoms with van der Waals surface area (Å²) in [4.78, 5) is 17.8. The summed E-state index contributed by atoms with van der Waals surface area (Å²) in [5.41, 5.74) is 0.964. The number of benzene rings is 1. The Labute approximate surface area is 145 Å². The summed E-state index contributed by atoms with van der Waals surface area (Å²) >= 11 is 0. The second-order valence-corrected chi connectivity index (χ2v) is 7.29. The monoisotopic (exact) mass is 364 g/mol. The molecule has 0 saturated carbocycles. The molecule has 1 aliphatic heterocycles. The lowest BCUT2D eigenvalue weighted by Gasteiger charge is -2.19. The molecule has 1 aromatic heterocycles. The molecule has 132 valence electrons. The number of amides is 1. The molecular weight excluding hydrogens is 347 g/mol. The lowest BCUT2D eigenvalue weighted by atomic mass is 10.1. The third-order valence-corrected chi connectivity index (χ3v) is 4.75. The van der Waals surface area contributed by atoms with E-state index in [0.717, 1.165) is 5.56 Å². The first kappa shape index (κ1) is 17.3. The van der Waals surface area contributed by atoms with E-state index in [1.165, 1.54) is 11.1 Å². The second kappa shape index (κ2) is 7.18. The minimum Gasteiger partial charge on any atom is -0.485 e. The summed E-state index contributed by atoms with van der Waals surface area (Å²) in [6, 6.07) is 12.9. The van der Waals surface area contributed by atoms with Gasteiger partial charge in [-0.3, -0.25) is 9.69 Å². The van der Waals surface area contributed by atoms with Crippen molar-refractivity contribution in [2.75, 3.05) is 17.2 Å². The first-order chi connectivity index (χ1) is 11.9. The molecule has 2 heterocycles. The minimum absolute atomic E-state index is 0.0299. The third kappa shape index (κ3) is 4.54. The summed E-state index contributed by atoms with van der Waals surface area (Å²) < 4.78 is 40.3. The molecule has 1 aromatic carbocycles. The van der Waals surface area contributed by atoms with Crippen molar-refractivity contribution in [3.05, 3.63) is 54.2 Å². The van der Waals surface area contributed by atoms with Crippen LogP contribution in [0.25, 0.3) is 0 Å². The van der Waals surface area contributed by atoms with Gasteiger partial charge in [-0.05, 0) is 17.7 Å². The van der Waals surface area contributed by atoms with E-state index in [-0.39, 0.29) is 18.9 Å². The van der Waals surface area contributed by atoms with Gasteiger partial charge in [-0.15, -0.1) is 3.89 Å². The van der Waals surface area contributed by atoms with E-state index in [2.05, 4.69) is 4.98 Å². The molecule has 0 aliphatic carbocycles. The maximum Gasteiger partial charge on any atom is 0.302 e. The van der Waals surface area contributed by atoms with Gasteiger partial charge >= 0.3 is 10.2 Å². The SMILES string of the molecule is O=C1CC(CS(=O)(=O)F)CN1c1ncccc1OCc1ccccc1. The van der Waals surface area contributed by atoms with Crippen LogP contribution in [-0.4, -0.2) is 31.6 Å². The summed E-state index contributed by atoms with van der Waals surface area (Å²) in [5.74, 6) is -0.809. The predicted molar refractivity (Wildman–Crippen MR) is 90.4 cm³/mol. The number of nitrogens with zero attached hydrogens (tertiary/aromatic N) is 2. The molecule has 1 fully saturated rings. The summed E-state index contributed by atoms with van der Waals surface area (Å²) in [7, 11) is -4.62. The zero-order chi connectivity index (χ0) is 17.9. The first-order valence-corrected chi connectivity index (χ1v) is 9.32. The van der Waals surface area contributed by atoms with E-state index < -0.39 is 21.9 Å². The quantitative estimate of drug-likeness (QED) is 0.735. The van der Waals surface area contributed by atoms with Crippen LogP contribution in [0.3, 0.4) is 0 Å². The van der Waals surface area contributed by atoms with Crippen molar-refractivity contribution in [3.63, 3.8) is 0 Å². The van der Waals surface area contributed by atoms with E-state index in [0.29, 0.717) is 18.2 Å². The van der Waals surface area contributed by atoms with Gasteiger partial charge in [-0.1, -0.05) is 30.3 Å². The fraction of sp³-hybridized carbons (Fsp3) is 0.294. The largest absolute Gasteiger partial charge is 0.485 e. The van der Waals surface area contributed by atoms with Gasteiger partial charge in [0.2, 0.25) is 5.91 Å². The Bertz CT molecular complexity index is 858. The van der Waals surface area contributed by atoms with E-state index >= 15 is 0 Å². The Balaban J connectivity index is 1.75. The van der Waals surface area contributed by atoms with Crippen molar-refractivity contribution in [3.8, 4) is 5.75 Å². The highest BCUT2D eigenvalue weighted by molar-refractivity contribution is 7.86. The second-order valence-electron chi connectivity index (χ2n) is 5.88. The number of anilines is 1. The Kier molecular flexibility index (Phi) is 4.98. The van der Waals surface area contributed by atoms with Gasteiger partial charge in [0.1, 0.15) is 6.61 Å². The van der Waals surface area contributed by atoms with Gasteiger partial charge in [0.25, 0.3) is 0 Å². The molecule has 6 nitrogen and oxygen atoms in total. The average Bonchev–Trinajstić information content (AvgIpc) is 2.92. The van der Waals surface area contributed by atoms with Crippen LogP contribution in [-0.2, 0) is 21.6 Å². The summed E-state index contributed by atoms with van der Waals surface area (Å²) in [6.07, 6.45) is 1.50. The van der Waals surface area contributed by atoms with Crippen LogP contribution in [0.5, 0.6) is 5.75 Å². The zero-order valence-corrected chi connectivity index (χ0v) is 14.2. The molecule has 1 aliphatic rings. The van der Waals surface area contributed by atoms with Crippen LogP contribution in [0, 0.1) is 5.92 Å². The number of halogens is 1. The van der Waals surface area contributed by atoms with Crippen molar-refractivity contribution in [1.82, 2.24) is 4.98 Å². The van der Waals surface area contributed by atoms with E-state index in [1.54, 1.807) is 12.1 Å². The van der Waals surface area contributed by atoms with Crippen LogP contribution in [0.2, 0.25) is 0 Å². The maximum atomic E-state index is 12.9. The molecule has 1 unspecified atom stereocenters. The summed E-state index contributed by atoms with van der Waals surface area (Å²) in [5, 5.41) is 0. The number of ether oxygens (including phenoxy) is 1. The van der Waals surface area contributed by atoms with Gasteiger partial charge < -0.3 is 4.74 Å². The zero-order valence-electron chi connectivity index (χ0n) is 13.3. The summed E-state index contributed by atoms with van der Waals surface area (Å²) in [6.45, 7) is 0.407. The average molecular weight is 364 g/mol. The topological polar surface area (TPSA) is 76.6 Å². The van der Waals surface area contributed by atoms with E-state index in [1.807, 2.05) is 30.3 Å². The highest BCUT2D eigenvalue weighted by Crippen LogP contribution is 2.32. The fourth-order valence-electron chi connectivity index (χ4n) is 2.81. The van der Waals surface area contributed by atoms with Crippen molar-refractivity contribution in [2.45, 2.75) is 13.0 Å². The standard InChI is InChI=1S/C17H17FN2O4S/c18-25(22,23)12-14-9-16(21)20(10-14)17-15(7-4-8-19-17)24-11-13-5-2-1-3-6-13/h1-8,14H,9-12H2. The molecule has 0 spiro atoms. The molecule has 0 N–H and O–H groups in total. The molecule has 1 amide bonds. The predicted octanol–water partition coefficient (Wildman–Crippen LogP) is 2.31. The normalized spacial score (nSPS) is 17.7. The lowest BCUT2D eigenvalue weighted by molar-refractivity contribution is -0.117. The number of aromatic nitrogens is 1. The minimum atomic E-state index is -4.62. The Morgan fingerprint density at radius 3 is 2.68 bits per heavy atom. The lowest BCUT2D eigenvalue weighted by Crippen LogP contribution is -2.27. The van der Waals surface area contributed by atoms with Crippen molar-refractivity contribution >= 4 is 21.9 Å². The van der Waals surface area contributed by atoms with E-state index in [4.69, 9.17) is 4.74 Å². The number of hydrogen-bond donors (Lipinski definition) is 0. The number of pyridine rings is 1. The first-order valence-electron chi connectivity index (χ1n) is 7.77. The van der Waals surface area contributed by atoms with Crippen LogP contribution in [0.4, 0.5) is 9.70 Å². The molecule has 25 heavy (non-hydrogen) atoms. The number of rotatable bonds is 6.